The van der Waals surface area contributed by atoms with Crippen molar-refractivity contribution in [2.24, 2.45) is 11.8 Å². The van der Waals surface area contributed by atoms with Gasteiger partial charge in [-0.15, -0.1) is 0 Å². The second-order valence-electron chi connectivity index (χ2n) is 5.07. The molecule has 1 aliphatic heterocycles. The molecule has 0 saturated carbocycles. The molecular formula is C14H18FN3O2. The fourth-order valence-corrected chi connectivity index (χ4v) is 2.03. The van der Waals surface area contributed by atoms with Crippen molar-refractivity contribution in [3.63, 3.8) is 0 Å². The Kier molecular flexibility index (Phi) is 4.34. The minimum absolute atomic E-state index is 0.0837. The topological polar surface area (TPSA) is 70.2 Å². The van der Waals surface area contributed by atoms with Crippen LogP contribution in [0.25, 0.3) is 0 Å². The Labute approximate surface area is 116 Å². The normalized spacial score (nSPS) is 16.1. The van der Waals surface area contributed by atoms with Crippen LogP contribution in [-0.4, -0.2) is 24.9 Å². The first-order chi connectivity index (χ1) is 9.47. The average molecular weight is 279 g/mol. The van der Waals surface area contributed by atoms with E-state index in [-0.39, 0.29) is 29.3 Å². The molecule has 20 heavy (non-hydrogen) atoms. The maximum absolute atomic E-state index is 13.7. The van der Waals surface area contributed by atoms with E-state index in [1.807, 2.05) is 6.92 Å². The minimum atomic E-state index is -0.522. The number of carbonyl (C=O) groups is 2. The third kappa shape index (κ3) is 3.33. The molecule has 1 saturated heterocycles. The zero-order valence-corrected chi connectivity index (χ0v) is 11.5. The number of amides is 2. The highest BCUT2D eigenvalue weighted by molar-refractivity contribution is 5.94. The van der Waals surface area contributed by atoms with Crippen molar-refractivity contribution in [1.82, 2.24) is 5.32 Å². The van der Waals surface area contributed by atoms with Gasteiger partial charge in [-0.25, -0.2) is 4.39 Å². The smallest absolute Gasteiger partial charge is 0.227 e. The highest BCUT2D eigenvalue weighted by Gasteiger charge is 2.29. The summed E-state index contributed by atoms with van der Waals surface area (Å²) >= 11 is 0. The fourth-order valence-electron chi connectivity index (χ4n) is 2.03. The lowest BCUT2D eigenvalue weighted by Gasteiger charge is -2.31. The number of anilines is 2. The third-order valence-corrected chi connectivity index (χ3v) is 3.48. The molecule has 1 aromatic carbocycles. The van der Waals surface area contributed by atoms with Crippen molar-refractivity contribution in [3.8, 4) is 0 Å². The SMILES string of the molecule is CC(=O)Nc1ccc(F)c(NC(=O)C(C)C2CNC2)c1. The largest absolute Gasteiger partial charge is 0.326 e. The summed E-state index contributed by atoms with van der Waals surface area (Å²) in [5.41, 5.74) is 0.535. The van der Waals surface area contributed by atoms with Gasteiger partial charge in [-0.3, -0.25) is 9.59 Å². The van der Waals surface area contributed by atoms with Gasteiger partial charge in [-0.05, 0) is 37.2 Å². The molecule has 0 aliphatic carbocycles. The molecule has 1 unspecified atom stereocenters. The molecular weight excluding hydrogens is 261 g/mol. The maximum Gasteiger partial charge on any atom is 0.227 e. The number of hydrogen-bond donors (Lipinski definition) is 3. The van der Waals surface area contributed by atoms with Gasteiger partial charge in [0.15, 0.2) is 0 Å². The van der Waals surface area contributed by atoms with Crippen molar-refractivity contribution < 1.29 is 14.0 Å². The Balaban J connectivity index is 2.07. The zero-order chi connectivity index (χ0) is 14.7. The maximum atomic E-state index is 13.7. The van der Waals surface area contributed by atoms with E-state index < -0.39 is 5.82 Å². The predicted octanol–water partition coefficient (Wildman–Crippen LogP) is 1.58. The second kappa shape index (κ2) is 6.00. The van der Waals surface area contributed by atoms with Crippen LogP contribution in [0.4, 0.5) is 15.8 Å². The first-order valence-electron chi connectivity index (χ1n) is 6.56. The molecule has 0 bridgehead atoms. The van der Waals surface area contributed by atoms with Crippen molar-refractivity contribution in [3.05, 3.63) is 24.0 Å². The lowest BCUT2D eigenvalue weighted by atomic mass is 9.88. The van der Waals surface area contributed by atoms with Crippen LogP contribution >= 0.6 is 0 Å². The van der Waals surface area contributed by atoms with Gasteiger partial charge < -0.3 is 16.0 Å². The molecule has 5 nitrogen and oxygen atoms in total. The summed E-state index contributed by atoms with van der Waals surface area (Å²) in [5, 5.41) is 8.23. The first kappa shape index (κ1) is 14.5. The predicted molar refractivity (Wildman–Crippen MR) is 74.9 cm³/mol. The third-order valence-electron chi connectivity index (χ3n) is 3.48. The molecule has 1 fully saturated rings. The van der Waals surface area contributed by atoms with Gasteiger partial charge in [0, 0.05) is 18.5 Å². The number of nitrogens with one attached hydrogen (secondary N) is 3. The van der Waals surface area contributed by atoms with Crippen LogP contribution in [0.5, 0.6) is 0 Å². The van der Waals surface area contributed by atoms with Crippen LogP contribution in [-0.2, 0) is 9.59 Å². The van der Waals surface area contributed by atoms with E-state index in [0.29, 0.717) is 5.69 Å². The Morgan fingerprint density at radius 1 is 1.35 bits per heavy atom. The van der Waals surface area contributed by atoms with Crippen molar-refractivity contribution >= 4 is 23.2 Å². The van der Waals surface area contributed by atoms with Crippen LogP contribution in [0.1, 0.15) is 13.8 Å². The molecule has 1 aromatic rings. The van der Waals surface area contributed by atoms with Crippen LogP contribution < -0.4 is 16.0 Å². The van der Waals surface area contributed by atoms with E-state index in [4.69, 9.17) is 0 Å². The van der Waals surface area contributed by atoms with E-state index in [1.54, 1.807) is 0 Å². The fraction of sp³-hybridized carbons (Fsp3) is 0.429. The number of benzene rings is 1. The molecule has 0 radical (unpaired) electrons. The van der Waals surface area contributed by atoms with Gasteiger partial charge >= 0.3 is 0 Å². The lowest BCUT2D eigenvalue weighted by molar-refractivity contribution is -0.121. The number of hydrogen-bond acceptors (Lipinski definition) is 3. The Hall–Kier alpha value is -1.95. The molecule has 108 valence electrons. The summed E-state index contributed by atoms with van der Waals surface area (Å²) in [5.74, 6) is -0.874. The van der Waals surface area contributed by atoms with Crippen LogP contribution in [0.15, 0.2) is 18.2 Å². The summed E-state index contributed by atoms with van der Waals surface area (Å²) < 4.78 is 13.7. The summed E-state index contributed by atoms with van der Waals surface area (Å²) in [4.78, 5) is 23.0. The Morgan fingerprint density at radius 2 is 2.05 bits per heavy atom. The van der Waals surface area contributed by atoms with E-state index >= 15 is 0 Å². The number of halogens is 1. The van der Waals surface area contributed by atoms with Crippen molar-refractivity contribution in [1.29, 1.82) is 0 Å². The zero-order valence-electron chi connectivity index (χ0n) is 11.5. The van der Waals surface area contributed by atoms with Gasteiger partial charge in [-0.1, -0.05) is 6.92 Å². The molecule has 2 amide bonds. The highest BCUT2D eigenvalue weighted by Crippen LogP contribution is 2.22. The quantitative estimate of drug-likeness (QED) is 0.783. The van der Waals surface area contributed by atoms with Gasteiger partial charge in [-0.2, -0.15) is 0 Å². The van der Waals surface area contributed by atoms with Crippen LogP contribution in [0.2, 0.25) is 0 Å². The molecule has 1 atom stereocenters. The van der Waals surface area contributed by atoms with Crippen molar-refractivity contribution in [2.45, 2.75) is 13.8 Å². The Morgan fingerprint density at radius 3 is 2.60 bits per heavy atom. The van der Waals surface area contributed by atoms with E-state index in [2.05, 4.69) is 16.0 Å². The monoisotopic (exact) mass is 279 g/mol. The molecule has 2 rings (SSSR count). The molecule has 0 aromatic heterocycles. The first-order valence-corrected chi connectivity index (χ1v) is 6.56. The minimum Gasteiger partial charge on any atom is -0.326 e. The second-order valence-corrected chi connectivity index (χ2v) is 5.07. The molecule has 0 spiro atoms. The van der Waals surface area contributed by atoms with Crippen LogP contribution in [0.3, 0.4) is 0 Å². The Bertz CT molecular complexity index is 529. The van der Waals surface area contributed by atoms with E-state index in [9.17, 15) is 14.0 Å². The molecule has 1 heterocycles. The van der Waals surface area contributed by atoms with Gasteiger partial charge in [0.1, 0.15) is 5.82 Å². The summed E-state index contributed by atoms with van der Waals surface area (Å²) in [6, 6.07) is 4.09. The molecule has 6 heteroatoms. The average Bonchev–Trinajstić information content (AvgIpc) is 2.30. The van der Waals surface area contributed by atoms with Gasteiger partial charge in [0.2, 0.25) is 11.8 Å². The van der Waals surface area contributed by atoms with E-state index in [0.717, 1.165) is 13.1 Å². The summed E-state index contributed by atoms with van der Waals surface area (Å²) in [7, 11) is 0. The van der Waals surface area contributed by atoms with Crippen LogP contribution in [0, 0.1) is 17.7 Å². The summed E-state index contributed by atoms with van der Waals surface area (Å²) in [6.07, 6.45) is 0. The standard InChI is InChI=1S/C14H18FN3O2/c1-8(10-6-16-7-10)14(20)18-13-5-11(17-9(2)19)3-4-12(13)15/h3-5,8,10,16H,6-7H2,1-2H3,(H,17,19)(H,18,20). The highest BCUT2D eigenvalue weighted by atomic mass is 19.1. The van der Waals surface area contributed by atoms with Crippen molar-refractivity contribution in [2.75, 3.05) is 23.7 Å². The lowest BCUT2D eigenvalue weighted by Crippen LogP contribution is -2.48. The summed E-state index contributed by atoms with van der Waals surface area (Å²) in [6.45, 7) is 4.82. The molecule has 1 aliphatic rings. The van der Waals surface area contributed by atoms with Gasteiger partial charge in [0.25, 0.3) is 0 Å². The molecule has 3 N–H and O–H groups in total. The van der Waals surface area contributed by atoms with E-state index in [1.165, 1.54) is 25.1 Å². The number of rotatable bonds is 4. The number of carbonyl (C=O) groups excluding carboxylic acids is 2. The van der Waals surface area contributed by atoms with Gasteiger partial charge in [0.05, 0.1) is 5.69 Å².